The van der Waals surface area contributed by atoms with Gasteiger partial charge in [0.05, 0.1) is 12.0 Å². The first-order valence-electron chi connectivity index (χ1n) is 9.56. The molecule has 0 aromatic heterocycles. The molecule has 1 saturated heterocycles. The van der Waals surface area contributed by atoms with Crippen molar-refractivity contribution in [3.8, 4) is 5.75 Å². The molecule has 2 aliphatic rings. The van der Waals surface area contributed by atoms with Gasteiger partial charge in [-0.25, -0.2) is 8.42 Å². The number of piperazine rings is 1. The predicted molar refractivity (Wildman–Crippen MR) is 104 cm³/mol. The molecule has 0 unspecified atom stereocenters. The van der Waals surface area contributed by atoms with E-state index >= 15 is 0 Å². The molecule has 1 heterocycles. The van der Waals surface area contributed by atoms with Crippen LogP contribution >= 0.6 is 0 Å². The van der Waals surface area contributed by atoms with E-state index in [-0.39, 0.29) is 0 Å². The molecule has 0 radical (unpaired) electrons. The molecule has 1 aromatic rings. The summed E-state index contributed by atoms with van der Waals surface area (Å²) in [6.45, 7) is 5.65. The second kappa shape index (κ2) is 8.55. The van der Waals surface area contributed by atoms with Crippen LogP contribution in [0.25, 0.3) is 0 Å². The lowest BCUT2D eigenvalue weighted by atomic mass is 9.97. The maximum atomic E-state index is 12.9. The molecule has 0 bridgehead atoms. The molecule has 6 heteroatoms. The Kier molecular flexibility index (Phi) is 6.37. The van der Waals surface area contributed by atoms with Gasteiger partial charge in [-0.3, -0.25) is 0 Å². The summed E-state index contributed by atoms with van der Waals surface area (Å²) in [4.78, 5) is 2.75. The van der Waals surface area contributed by atoms with E-state index < -0.39 is 10.0 Å². The topological polar surface area (TPSA) is 49.9 Å². The summed E-state index contributed by atoms with van der Waals surface area (Å²) in [5, 5.41) is 0. The van der Waals surface area contributed by atoms with Gasteiger partial charge in [-0.05, 0) is 62.8 Å². The minimum absolute atomic E-state index is 0.358. The molecule has 0 atom stereocenters. The van der Waals surface area contributed by atoms with Gasteiger partial charge in [0.15, 0.2) is 0 Å². The number of nitrogens with zero attached hydrogens (tertiary/aromatic N) is 2. The Hall–Kier alpha value is -1.37. The molecule has 0 N–H and O–H groups in total. The normalized spacial score (nSPS) is 20.0. The Labute approximate surface area is 157 Å². The van der Waals surface area contributed by atoms with Crippen LogP contribution in [-0.2, 0) is 10.0 Å². The SMILES string of the molecule is COc1ccc(S(=O)(=O)N2CCN(CCC3=CCCCC3)CC2)cc1C. The van der Waals surface area contributed by atoms with Crippen LogP contribution in [0.1, 0.15) is 37.7 Å². The van der Waals surface area contributed by atoms with Gasteiger partial charge in [0, 0.05) is 32.7 Å². The second-order valence-corrected chi connectivity index (χ2v) is 9.17. The highest BCUT2D eigenvalue weighted by Gasteiger charge is 2.28. The van der Waals surface area contributed by atoms with Crippen molar-refractivity contribution in [2.24, 2.45) is 0 Å². The van der Waals surface area contributed by atoms with Crippen LogP contribution in [0, 0.1) is 6.92 Å². The minimum Gasteiger partial charge on any atom is -0.496 e. The van der Waals surface area contributed by atoms with Crippen molar-refractivity contribution in [1.29, 1.82) is 0 Å². The first kappa shape index (κ1) is 19.4. The van der Waals surface area contributed by atoms with E-state index in [1.165, 1.54) is 25.7 Å². The highest BCUT2D eigenvalue weighted by atomic mass is 32.2. The molecule has 0 spiro atoms. The van der Waals surface area contributed by atoms with Crippen molar-refractivity contribution in [1.82, 2.24) is 9.21 Å². The maximum Gasteiger partial charge on any atom is 0.243 e. The van der Waals surface area contributed by atoms with E-state index in [0.29, 0.717) is 23.7 Å². The second-order valence-electron chi connectivity index (χ2n) is 7.24. The standard InChI is InChI=1S/C20H30N2O3S/c1-17-16-19(8-9-20(17)25-2)26(23,24)22-14-12-21(13-15-22)11-10-18-6-4-3-5-7-18/h6,8-9,16H,3-5,7,10-15H2,1-2H3. The number of sulfonamides is 1. The summed E-state index contributed by atoms with van der Waals surface area (Å²) in [5.74, 6) is 0.714. The van der Waals surface area contributed by atoms with Gasteiger partial charge in [0.25, 0.3) is 0 Å². The fourth-order valence-electron chi connectivity index (χ4n) is 3.79. The zero-order valence-electron chi connectivity index (χ0n) is 15.9. The average molecular weight is 379 g/mol. The molecule has 3 rings (SSSR count). The van der Waals surface area contributed by atoms with E-state index in [2.05, 4.69) is 11.0 Å². The van der Waals surface area contributed by atoms with Crippen LogP contribution < -0.4 is 4.74 Å². The Morgan fingerprint density at radius 1 is 1.12 bits per heavy atom. The van der Waals surface area contributed by atoms with Crippen molar-refractivity contribution in [3.63, 3.8) is 0 Å². The number of ether oxygens (including phenoxy) is 1. The van der Waals surface area contributed by atoms with E-state index in [1.807, 2.05) is 6.92 Å². The summed E-state index contributed by atoms with van der Waals surface area (Å²) < 4.78 is 32.7. The maximum absolute atomic E-state index is 12.9. The monoisotopic (exact) mass is 378 g/mol. The van der Waals surface area contributed by atoms with E-state index in [0.717, 1.165) is 31.6 Å². The van der Waals surface area contributed by atoms with E-state index in [4.69, 9.17) is 4.74 Å². The molecule has 26 heavy (non-hydrogen) atoms. The molecule has 1 aliphatic heterocycles. The summed E-state index contributed by atoms with van der Waals surface area (Å²) in [5.41, 5.74) is 2.42. The summed E-state index contributed by atoms with van der Waals surface area (Å²) in [6, 6.07) is 5.08. The fourth-order valence-corrected chi connectivity index (χ4v) is 5.30. The lowest BCUT2D eigenvalue weighted by Gasteiger charge is -2.34. The van der Waals surface area contributed by atoms with E-state index in [1.54, 1.807) is 35.2 Å². The van der Waals surface area contributed by atoms with Crippen LogP contribution in [-0.4, -0.2) is 57.5 Å². The van der Waals surface area contributed by atoms with Crippen molar-refractivity contribution in [2.45, 2.75) is 43.9 Å². The smallest absolute Gasteiger partial charge is 0.243 e. The number of allylic oxidation sites excluding steroid dienone is 1. The molecule has 1 aliphatic carbocycles. The Morgan fingerprint density at radius 3 is 2.50 bits per heavy atom. The minimum atomic E-state index is -3.43. The van der Waals surface area contributed by atoms with Crippen LogP contribution in [0.2, 0.25) is 0 Å². The van der Waals surface area contributed by atoms with Crippen LogP contribution in [0.5, 0.6) is 5.75 Å². The molecule has 1 fully saturated rings. The number of rotatable bonds is 6. The first-order valence-corrected chi connectivity index (χ1v) is 11.0. The number of aryl methyl sites for hydroxylation is 1. The van der Waals surface area contributed by atoms with Gasteiger partial charge < -0.3 is 9.64 Å². The number of benzene rings is 1. The number of hydrogen-bond acceptors (Lipinski definition) is 4. The highest BCUT2D eigenvalue weighted by Crippen LogP contribution is 2.25. The largest absolute Gasteiger partial charge is 0.496 e. The van der Waals surface area contributed by atoms with Crippen molar-refractivity contribution < 1.29 is 13.2 Å². The lowest BCUT2D eigenvalue weighted by Crippen LogP contribution is -2.48. The third-order valence-electron chi connectivity index (χ3n) is 5.47. The zero-order chi connectivity index (χ0) is 18.6. The summed E-state index contributed by atoms with van der Waals surface area (Å²) in [6.07, 6.45) is 8.64. The van der Waals surface area contributed by atoms with Crippen molar-refractivity contribution in [3.05, 3.63) is 35.4 Å². The van der Waals surface area contributed by atoms with Crippen LogP contribution in [0.3, 0.4) is 0 Å². The third kappa shape index (κ3) is 4.48. The number of methoxy groups -OCH3 is 1. The van der Waals surface area contributed by atoms with Crippen LogP contribution in [0.4, 0.5) is 0 Å². The Balaban J connectivity index is 1.56. The Bertz CT molecular complexity index is 750. The van der Waals surface area contributed by atoms with Gasteiger partial charge in [-0.1, -0.05) is 11.6 Å². The van der Waals surface area contributed by atoms with Crippen molar-refractivity contribution >= 4 is 10.0 Å². The summed E-state index contributed by atoms with van der Waals surface area (Å²) in [7, 11) is -1.83. The molecule has 0 amide bonds. The van der Waals surface area contributed by atoms with Gasteiger partial charge in [-0.2, -0.15) is 4.31 Å². The van der Waals surface area contributed by atoms with Gasteiger partial charge in [0.1, 0.15) is 5.75 Å². The predicted octanol–water partition coefficient (Wildman–Crippen LogP) is 3.20. The fraction of sp³-hybridized carbons (Fsp3) is 0.600. The molecule has 0 saturated carbocycles. The third-order valence-corrected chi connectivity index (χ3v) is 7.36. The summed E-state index contributed by atoms with van der Waals surface area (Å²) >= 11 is 0. The highest BCUT2D eigenvalue weighted by molar-refractivity contribution is 7.89. The average Bonchev–Trinajstić information content (AvgIpc) is 2.67. The zero-order valence-corrected chi connectivity index (χ0v) is 16.7. The Morgan fingerprint density at radius 2 is 1.88 bits per heavy atom. The lowest BCUT2D eigenvalue weighted by molar-refractivity contribution is 0.189. The number of hydrogen-bond donors (Lipinski definition) is 0. The quantitative estimate of drug-likeness (QED) is 0.714. The van der Waals surface area contributed by atoms with E-state index in [9.17, 15) is 8.42 Å². The van der Waals surface area contributed by atoms with Gasteiger partial charge >= 0.3 is 0 Å². The first-order chi connectivity index (χ1) is 12.5. The van der Waals surface area contributed by atoms with Crippen LogP contribution in [0.15, 0.2) is 34.7 Å². The van der Waals surface area contributed by atoms with Crippen molar-refractivity contribution in [2.75, 3.05) is 39.8 Å². The van der Waals surface area contributed by atoms with Gasteiger partial charge in [-0.15, -0.1) is 0 Å². The molecule has 5 nitrogen and oxygen atoms in total. The molecular weight excluding hydrogens is 348 g/mol. The molecule has 144 valence electrons. The van der Waals surface area contributed by atoms with Gasteiger partial charge in [0.2, 0.25) is 10.0 Å². The molecular formula is C20H30N2O3S. The molecule has 1 aromatic carbocycles.